The van der Waals surface area contributed by atoms with E-state index in [4.69, 9.17) is 4.74 Å². The van der Waals surface area contributed by atoms with Crippen LogP contribution in [0.25, 0.3) is 0 Å². The number of esters is 1. The molecule has 1 aliphatic rings. The molecule has 5 heteroatoms. The van der Waals surface area contributed by atoms with Gasteiger partial charge in [0.1, 0.15) is 5.60 Å². The van der Waals surface area contributed by atoms with E-state index in [0.717, 1.165) is 25.1 Å². The van der Waals surface area contributed by atoms with Crippen LogP contribution in [0.1, 0.15) is 38.8 Å². The summed E-state index contributed by atoms with van der Waals surface area (Å²) < 4.78 is 5.36. The Kier molecular flexibility index (Phi) is 6.16. The Morgan fingerprint density at radius 2 is 2.09 bits per heavy atom. The van der Waals surface area contributed by atoms with Gasteiger partial charge in [0.05, 0.1) is 12.6 Å². The number of benzene rings is 1. The van der Waals surface area contributed by atoms with Crippen molar-refractivity contribution in [1.29, 1.82) is 0 Å². The maximum absolute atomic E-state index is 11.9. The van der Waals surface area contributed by atoms with E-state index in [-0.39, 0.29) is 24.7 Å². The zero-order valence-corrected chi connectivity index (χ0v) is 14.3. The van der Waals surface area contributed by atoms with Crippen molar-refractivity contribution in [2.24, 2.45) is 0 Å². The van der Waals surface area contributed by atoms with Gasteiger partial charge in [0.25, 0.3) is 0 Å². The fourth-order valence-electron chi connectivity index (χ4n) is 2.79. The SMILES string of the molecule is CC(C)(C)OC(=O)CNC(CN1CCC(O)C1)c1ccccc1. The third-order valence-corrected chi connectivity index (χ3v) is 3.80. The van der Waals surface area contributed by atoms with Crippen molar-refractivity contribution in [3.63, 3.8) is 0 Å². The lowest BCUT2D eigenvalue weighted by Gasteiger charge is -2.26. The second kappa shape index (κ2) is 7.90. The van der Waals surface area contributed by atoms with Gasteiger partial charge in [0.2, 0.25) is 0 Å². The monoisotopic (exact) mass is 320 g/mol. The molecule has 1 fully saturated rings. The number of aliphatic hydroxyl groups is 1. The molecule has 2 unspecified atom stereocenters. The van der Waals surface area contributed by atoms with Gasteiger partial charge in [-0.2, -0.15) is 0 Å². The van der Waals surface area contributed by atoms with E-state index in [0.29, 0.717) is 6.54 Å². The van der Waals surface area contributed by atoms with Crippen LogP contribution in [0.15, 0.2) is 30.3 Å². The summed E-state index contributed by atoms with van der Waals surface area (Å²) in [5.41, 5.74) is 0.664. The Morgan fingerprint density at radius 3 is 2.65 bits per heavy atom. The second-order valence-electron chi connectivity index (χ2n) is 7.13. The molecule has 0 amide bonds. The Hall–Kier alpha value is -1.43. The predicted molar refractivity (Wildman–Crippen MR) is 90.1 cm³/mol. The number of rotatable bonds is 6. The molecule has 1 aromatic rings. The molecule has 0 aliphatic carbocycles. The highest BCUT2D eigenvalue weighted by Gasteiger charge is 2.24. The highest BCUT2D eigenvalue weighted by Crippen LogP contribution is 2.18. The molecule has 1 saturated heterocycles. The molecule has 23 heavy (non-hydrogen) atoms. The van der Waals surface area contributed by atoms with Crippen molar-refractivity contribution in [3.05, 3.63) is 35.9 Å². The predicted octanol–water partition coefficient (Wildman–Crippen LogP) is 1.73. The van der Waals surface area contributed by atoms with Gasteiger partial charge in [0, 0.05) is 25.7 Å². The molecule has 0 saturated carbocycles. The van der Waals surface area contributed by atoms with Crippen LogP contribution in [0, 0.1) is 0 Å². The number of nitrogens with zero attached hydrogens (tertiary/aromatic N) is 1. The van der Waals surface area contributed by atoms with E-state index in [2.05, 4.69) is 22.3 Å². The van der Waals surface area contributed by atoms with Gasteiger partial charge in [-0.25, -0.2) is 0 Å². The zero-order valence-electron chi connectivity index (χ0n) is 14.3. The minimum atomic E-state index is -0.472. The number of β-amino-alcohol motifs (C(OH)–C–C–N with tert-alkyl or cyclic N) is 1. The lowest BCUT2D eigenvalue weighted by atomic mass is 10.1. The maximum Gasteiger partial charge on any atom is 0.320 e. The summed E-state index contributed by atoms with van der Waals surface area (Å²) in [6, 6.07) is 10.1. The summed E-state index contributed by atoms with van der Waals surface area (Å²) in [4.78, 5) is 14.2. The van der Waals surface area contributed by atoms with E-state index in [9.17, 15) is 9.90 Å². The van der Waals surface area contributed by atoms with Crippen molar-refractivity contribution < 1.29 is 14.6 Å². The number of ether oxygens (including phenoxy) is 1. The van der Waals surface area contributed by atoms with Crippen molar-refractivity contribution in [1.82, 2.24) is 10.2 Å². The van der Waals surface area contributed by atoms with Gasteiger partial charge >= 0.3 is 5.97 Å². The van der Waals surface area contributed by atoms with E-state index in [1.807, 2.05) is 39.0 Å². The average Bonchev–Trinajstić information content (AvgIpc) is 2.88. The van der Waals surface area contributed by atoms with E-state index < -0.39 is 5.60 Å². The normalized spacial score (nSPS) is 20.4. The maximum atomic E-state index is 11.9. The van der Waals surface area contributed by atoms with E-state index >= 15 is 0 Å². The van der Waals surface area contributed by atoms with Crippen LogP contribution in [0.5, 0.6) is 0 Å². The lowest BCUT2D eigenvalue weighted by molar-refractivity contribution is -0.153. The van der Waals surface area contributed by atoms with Crippen molar-refractivity contribution >= 4 is 5.97 Å². The van der Waals surface area contributed by atoms with E-state index in [1.165, 1.54) is 0 Å². The number of nitrogens with one attached hydrogen (secondary N) is 1. The fraction of sp³-hybridized carbons (Fsp3) is 0.611. The highest BCUT2D eigenvalue weighted by molar-refractivity contribution is 5.72. The van der Waals surface area contributed by atoms with Crippen molar-refractivity contribution in [2.75, 3.05) is 26.2 Å². The summed E-state index contributed by atoms with van der Waals surface area (Å²) in [5.74, 6) is -0.250. The minimum Gasteiger partial charge on any atom is -0.459 e. The average molecular weight is 320 g/mol. The van der Waals surface area contributed by atoms with Crippen molar-refractivity contribution in [2.45, 2.75) is 44.9 Å². The quantitative estimate of drug-likeness (QED) is 0.782. The van der Waals surface area contributed by atoms with Crippen LogP contribution in [0.2, 0.25) is 0 Å². The highest BCUT2D eigenvalue weighted by atomic mass is 16.6. The zero-order chi connectivity index (χ0) is 16.9. The first-order valence-electron chi connectivity index (χ1n) is 8.24. The molecular weight excluding hydrogens is 292 g/mol. The van der Waals surface area contributed by atoms with Gasteiger partial charge in [-0.3, -0.25) is 15.0 Å². The minimum absolute atomic E-state index is 0.0361. The second-order valence-corrected chi connectivity index (χ2v) is 7.13. The smallest absolute Gasteiger partial charge is 0.320 e. The summed E-state index contributed by atoms with van der Waals surface area (Å²) in [6.07, 6.45) is 0.574. The molecule has 5 nitrogen and oxygen atoms in total. The molecule has 2 atom stereocenters. The topological polar surface area (TPSA) is 61.8 Å². The summed E-state index contributed by atoms with van der Waals surface area (Å²) in [5, 5.41) is 13.0. The van der Waals surface area contributed by atoms with E-state index in [1.54, 1.807) is 0 Å². The number of carbonyl (C=O) groups excluding carboxylic acids is 1. The molecule has 1 heterocycles. The van der Waals surface area contributed by atoms with Crippen molar-refractivity contribution in [3.8, 4) is 0 Å². The lowest BCUT2D eigenvalue weighted by Crippen LogP contribution is -2.38. The molecule has 0 bridgehead atoms. The molecular formula is C18H28N2O3. The van der Waals surface area contributed by atoms with Gasteiger partial charge in [0.15, 0.2) is 0 Å². The first kappa shape index (κ1) is 17.9. The van der Waals surface area contributed by atoms with Gasteiger partial charge in [-0.05, 0) is 32.8 Å². The first-order chi connectivity index (χ1) is 10.8. The third kappa shape index (κ3) is 6.29. The molecule has 2 N–H and O–H groups in total. The molecule has 1 aliphatic heterocycles. The largest absolute Gasteiger partial charge is 0.459 e. The molecule has 0 spiro atoms. The molecule has 1 aromatic carbocycles. The Labute approximate surface area is 138 Å². The van der Waals surface area contributed by atoms with Crippen LogP contribution < -0.4 is 5.32 Å². The molecule has 0 aromatic heterocycles. The van der Waals surface area contributed by atoms with Gasteiger partial charge in [-0.15, -0.1) is 0 Å². The Morgan fingerprint density at radius 1 is 1.39 bits per heavy atom. The molecule has 128 valence electrons. The summed E-state index contributed by atoms with van der Waals surface area (Å²) in [6.45, 7) is 8.12. The van der Waals surface area contributed by atoms with Crippen LogP contribution >= 0.6 is 0 Å². The van der Waals surface area contributed by atoms with Crippen LogP contribution in [0.3, 0.4) is 0 Å². The summed E-state index contributed by atoms with van der Waals surface area (Å²) in [7, 11) is 0. The standard InChI is InChI=1S/C18H28N2O3/c1-18(2,3)23-17(22)11-19-16(14-7-5-4-6-8-14)13-20-10-9-15(21)12-20/h4-8,15-16,19,21H,9-13H2,1-3H3. The third-order valence-electron chi connectivity index (χ3n) is 3.80. The van der Waals surface area contributed by atoms with Crippen LogP contribution in [0.4, 0.5) is 0 Å². The van der Waals surface area contributed by atoms with Crippen LogP contribution in [-0.4, -0.2) is 53.9 Å². The first-order valence-corrected chi connectivity index (χ1v) is 8.24. The number of likely N-dealkylation sites (tertiary alicyclic amines) is 1. The number of hydrogen-bond acceptors (Lipinski definition) is 5. The Bertz CT molecular complexity index is 499. The number of carbonyl (C=O) groups is 1. The van der Waals surface area contributed by atoms with Gasteiger partial charge < -0.3 is 9.84 Å². The number of aliphatic hydroxyl groups excluding tert-OH is 1. The molecule has 0 radical (unpaired) electrons. The van der Waals surface area contributed by atoms with Gasteiger partial charge in [-0.1, -0.05) is 30.3 Å². The summed E-state index contributed by atoms with van der Waals surface area (Å²) >= 11 is 0. The Balaban J connectivity index is 1.95. The van der Waals surface area contributed by atoms with Crippen LogP contribution in [-0.2, 0) is 9.53 Å². The fourth-order valence-corrected chi connectivity index (χ4v) is 2.79. The molecule has 2 rings (SSSR count). The number of hydrogen-bond donors (Lipinski definition) is 2.